The molecule has 3 N–H and O–H groups in total. The minimum Gasteiger partial charge on any atom is -0.508 e. The van der Waals surface area contributed by atoms with Crippen LogP contribution in [0.1, 0.15) is 19.4 Å². The van der Waals surface area contributed by atoms with Crippen LogP contribution in [-0.4, -0.2) is 27.4 Å². The third-order valence-corrected chi connectivity index (χ3v) is 2.88. The highest BCUT2D eigenvalue weighted by Gasteiger charge is 2.36. The fraction of sp³-hybridized carbons (Fsp3) is 0.364. The van der Waals surface area contributed by atoms with Gasteiger partial charge in [0.2, 0.25) is 0 Å². The van der Waals surface area contributed by atoms with Gasteiger partial charge in [0.05, 0.1) is 0 Å². The number of carboxylic acid groups (broad SMARTS) is 1. The fourth-order valence-corrected chi connectivity index (χ4v) is 1.90. The quantitative estimate of drug-likeness (QED) is 0.757. The van der Waals surface area contributed by atoms with E-state index in [-0.39, 0.29) is 10.8 Å². The van der Waals surface area contributed by atoms with Crippen molar-refractivity contribution in [3.63, 3.8) is 0 Å². The van der Waals surface area contributed by atoms with Crippen molar-refractivity contribution in [2.24, 2.45) is 0 Å². The van der Waals surface area contributed by atoms with Crippen LogP contribution in [0.4, 0.5) is 0 Å². The molecule has 0 heterocycles. The number of halogens is 1. The number of carboxylic acids is 1. The van der Waals surface area contributed by atoms with Crippen molar-refractivity contribution in [1.29, 1.82) is 0 Å². The number of carbonyl (C=O) groups is 1. The largest absolute Gasteiger partial charge is 0.508 e. The predicted octanol–water partition coefficient (Wildman–Crippen LogP) is 1.77. The van der Waals surface area contributed by atoms with Crippen LogP contribution < -0.4 is 0 Å². The number of hydrogen-bond acceptors (Lipinski definition) is 3. The molecule has 0 bridgehead atoms. The first-order valence-electron chi connectivity index (χ1n) is 4.66. The summed E-state index contributed by atoms with van der Waals surface area (Å²) in [6.45, 7) is 3.15. The molecule has 0 fully saturated rings. The fourth-order valence-electron chi connectivity index (χ4n) is 1.48. The molecule has 0 aliphatic carbocycles. The molecule has 0 spiro atoms. The van der Waals surface area contributed by atoms with E-state index in [1.807, 2.05) is 0 Å². The third-order valence-electron chi connectivity index (χ3n) is 2.56. The lowest BCUT2D eigenvalue weighted by molar-refractivity contribution is -0.150. The van der Waals surface area contributed by atoms with Crippen molar-refractivity contribution in [3.8, 4) is 5.75 Å². The topological polar surface area (TPSA) is 77.8 Å². The van der Waals surface area contributed by atoms with Gasteiger partial charge >= 0.3 is 5.97 Å². The maximum Gasteiger partial charge on any atom is 0.333 e. The van der Waals surface area contributed by atoms with Crippen LogP contribution in [0.3, 0.4) is 0 Å². The molecule has 0 saturated carbocycles. The van der Waals surface area contributed by atoms with Gasteiger partial charge in [-0.2, -0.15) is 0 Å². The Kier molecular flexibility index (Phi) is 3.45. The van der Waals surface area contributed by atoms with Crippen molar-refractivity contribution in [2.75, 3.05) is 0 Å². The molecule has 0 amide bonds. The van der Waals surface area contributed by atoms with E-state index in [0.717, 1.165) is 0 Å². The maximum atomic E-state index is 10.8. The molecular formula is C11H13ClO4. The van der Waals surface area contributed by atoms with Crippen molar-refractivity contribution in [2.45, 2.75) is 25.4 Å². The zero-order valence-corrected chi connectivity index (χ0v) is 9.69. The first kappa shape index (κ1) is 12.8. The number of aliphatic hydroxyl groups excluding tert-OH is 1. The number of hydrogen-bond donors (Lipinski definition) is 3. The van der Waals surface area contributed by atoms with Crippen LogP contribution >= 0.6 is 11.6 Å². The highest BCUT2D eigenvalue weighted by atomic mass is 35.5. The molecule has 4 nitrogen and oxygen atoms in total. The third kappa shape index (κ3) is 2.28. The summed E-state index contributed by atoms with van der Waals surface area (Å²) in [6.07, 6.45) is -1.56. The minimum atomic E-state index is -1.56. The van der Waals surface area contributed by atoms with Crippen LogP contribution in [0.2, 0.25) is 5.02 Å². The molecule has 88 valence electrons. The second-order valence-corrected chi connectivity index (χ2v) is 4.53. The molecule has 1 unspecified atom stereocenters. The number of aliphatic carboxylic acids is 1. The summed E-state index contributed by atoms with van der Waals surface area (Å²) in [4.78, 5) is 10.8. The molecule has 1 aromatic carbocycles. The molecule has 0 saturated heterocycles. The van der Waals surface area contributed by atoms with Crippen LogP contribution in [-0.2, 0) is 10.2 Å². The van der Waals surface area contributed by atoms with Gasteiger partial charge in [0.15, 0.2) is 6.10 Å². The lowest BCUT2D eigenvalue weighted by Gasteiger charge is -2.29. The van der Waals surface area contributed by atoms with Gasteiger partial charge in [0, 0.05) is 10.4 Å². The second-order valence-electron chi connectivity index (χ2n) is 4.13. The Morgan fingerprint density at radius 1 is 1.44 bits per heavy atom. The molecule has 0 aliphatic rings. The van der Waals surface area contributed by atoms with Gasteiger partial charge in [0.1, 0.15) is 5.75 Å². The van der Waals surface area contributed by atoms with Gasteiger partial charge in [-0.25, -0.2) is 4.79 Å². The van der Waals surface area contributed by atoms with E-state index >= 15 is 0 Å². The second kappa shape index (κ2) is 4.31. The number of aliphatic hydroxyl groups is 1. The number of phenolic OH excluding ortho intramolecular Hbond substituents is 1. The smallest absolute Gasteiger partial charge is 0.333 e. The van der Waals surface area contributed by atoms with Crippen LogP contribution in [0, 0.1) is 0 Å². The van der Waals surface area contributed by atoms with E-state index in [4.69, 9.17) is 16.7 Å². The number of aromatic hydroxyl groups is 1. The SMILES string of the molecule is CC(C)(c1ccc(O)cc1Cl)C(O)C(=O)O. The van der Waals surface area contributed by atoms with E-state index in [0.29, 0.717) is 5.56 Å². The molecule has 1 atom stereocenters. The summed E-state index contributed by atoms with van der Waals surface area (Å²) < 4.78 is 0. The highest BCUT2D eigenvalue weighted by molar-refractivity contribution is 6.31. The first-order valence-corrected chi connectivity index (χ1v) is 5.04. The zero-order chi connectivity index (χ0) is 12.5. The Morgan fingerprint density at radius 2 is 2.00 bits per heavy atom. The summed E-state index contributed by atoms with van der Waals surface area (Å²) in [7, 11) is 0. The van der Waals surface area contributed by atoms with Crippen molar-refractivity contribution < 1.29 is 20.1 Å². The van der Waals surface area contributed by atoms with Crippen molar-refractivity contribution in [3.05, 3.63) is 28.8 Å². The standard InChI is InChI=1S/C11H13ClO4/c1-11(2,9(14)10(15)16)7-4-3-6(13)5-8(7)12/h3-5,9,13-14H,1-2H3,(H,15,16). The Morgan fingerprint density at radius 3 is 2.44 bits per heavy atom. The predicted molar refractivity (Wildman–Crippen MR) is 59.8 cm³/mol. The summed E-state index contributed by atoms with van der Waals surface area (Å²) in [5.41, 5.74) is -0.557. The Balaban J connectivity index is 3.21. The van der Waals surface area contributed by atoms with Gasteiger partial charge in [-0.15, -0.1) is 0 Å². The summed E-state index contributed by atoms with van der Waals surface area (Å²) in [5, 5.41) is 27.8. The van der Waals surface area contributed by atoms with E-state index in [1.165, 1.54) is 18.2 Å². The number of rotatable bonds is 3. The van der Waals surface area contributed by atoms with Gasteiger partial charge in [-0.3, -0.25) is 0 Å². The minimum absolute atomic E-state index is 0.00522. The van der Waals surface area contributed by atoms with Crippen LogP contribution in [0.25, 0.3) is 0 Å². The molecule has 16 heavy (non-hydrogen) atoms. The van der Waals surface area contributed by atoms with Gasteiger partial charge in [0.25, 0.3) is 0 Å². The molecule has 0 radical (unpaired) electrons. The summed E-state index contributed by atoms with van der Waals surface area (Å²) >= 11 is 5.90. The maximum absolute atomic E-state index is 10.8. The normalized spacial score (nSPS) is 13.5. The summed E-state index contributed by atoms with van der Waals surface area (Å²) in [5.74, 6) is -1.32. The van der Waals surface area contributed by atoms with Crippen molar-refractivity contribution >= 4 is 17.6 Å². The monoisotopic (exact) mass is 244 g/mol. The van der Waals surface area contributed by atoms with E-state index in [1.54, 1.807) is 13.8 Å². The zero-order valence-electron chi connectivity index (χ0n) is 8.94. The molecule has 5 heteroatoms. The molecule has 0 aliphatic heterocycles. The number of phenols is 1. The highest BCUT2D eigenvalue weighted by Crippen LogP contribution is 2.34. The molecule has 1 aromatic rings. The van der Waals surface area contributed by atoms with Gasteiger partial charge < -0.3 is 15.3 Å². The lowest BCUT2D eigenvalue weighted by Crippen LogP contribution is -2.40. The average molecular weight is 245 g/mol. The Bertz CT molecular complexity index is 414. The Hall–Kier alpha value is -1.26. The van der Waals surface area contributed by atoms with E-state index in [2.05, 4.69) is 0 Å². The van der Waals surface area contributed by atoms with Crippen LogP contribution in [0.15, 0.2) is 18.2 Å². The van der Waals surface area contributed by atoms with Gasteiger partial charge in [-0.05, 0) is 17.7 Å². The molecular weight excluding hydrogens is 232 g/mol. The van der Waals surface area contributed by atoms with Crippen molar-refractivity contribution in [1.82, 2.24) is 0 Å². The molecule has 1 rings (SSSR count). The Labute approximate surface area is 98.1 Å². The average Bonchev–Trinajstić information content (AvgIpc) is 2.15. The van der Waals surface area contributed by atoms with E-state index < -0.39 is 17.5 Å². The molecule has 0 aromatic heterocycles. The van der Waals surface area contributed by atoms with Crippen LogP contribution in [0.5, 0.6) is 5.75 Å². The summed E-state index contributed by atoms with van der Waals surface area (Å²) in [6, 6.07) is 4.22. The van der Waals surface area contributed by atoms with E-state index in [9.17, 15) is 15.0 Å². The lowest BCUT2D eigenvalue weighted by atomic mass is 9.79. The number of benzene rings is 1. The van der Waals surface area contributed by atoms with Gasteiger partial charge in [-0.1, -0.05) is 31.5 Å². The first-order chi connectivity index (χ1) is 7.26.